The first-order chi connectivity index (χ1) is 17.3. The Hall–Kier alpha value is -3.12. The minimum absolute atomic E-state index is 0.0430. The van der Waals surface area contributed by atoms with Gasteiger partial charge in [-0.2, -0.15) is 0 Å². The van der Waals surface area contributed by atoms with Crippen molar-refractivity contribution >= 4 is 16.9 Å². The number of likely N-dealkylation sites (tertiary alicyclic amines) is 1. The Morgan fingerprint density at radius 3 is 2.83 bits per heavy atom. The molecule has 1 saturated heterocycles. The average Bonchev–Trinajstić information content (AvgIpc) is 2.87. The number of carbonyl (C=O) groups is 1. The molecule has 2 heterocycles. The smallest absolute Gasteiger partial charge is 0.339 e. The van der Waals surface area contributed by atoms with Crippen molar-refractivity contribution in [2.24, 2.45) is 5.92 Å². The molecule has 2 atom stereocenters. The minimum atomic E-state index is -0.604. The van der Waals surface area contributed by atoms with Crippen LogP contribution >= 0.6 is 0 Å². The summed E-state index contributed by atoms with van der Waals surface area (Å²) in [6, 6.07) is 13.6. The van der Waals surface area contributed by atoms with Gasteiger partial charge in [0.25, 0.3) is 0 Å². The number of ether oxygens (including phenoxy) is 1. The monoisotopic (exact) mass is 489 g/mol. The molecule has 5 rings (SSSR count). The number of aliphatic hydroxyl groups is 1. The summed E-state index contributed by atoms with van der Waals surface area (Å²) in [5, 5.41) is 11.7. The first-order valence-corrected chi connectivity index (χ1v) is 13.1. The van der Waals surface area contributed by atoms with Gasteiger partial charge in [-0.15, -0.1) is 0 Å². The normalized spacial score (nSPS) is 21.9. The number of nitrogens with zero attached hydrogens (tertiary/aromatic N) is 1. The van der Waals surface area contributed by atoms with Crippen molar-refractivity contribution in [3.05, 3.63) is 75.1 Å². The van der Waals surface area contributed by atoms with Crippen molar-refractivity contribution < 1.29 is 19.1 Å². The zero-order valence-corrected chi connectivity index (χ0v) is 21.2. The molecule has 1 amide bonds. The highest BCUT2D eigenvalue weighted by atomic mass is 16.5. The molecule has 6 nitrogen and oxygen atoms in total. The maximum Gasteiger partial charge on any atom is 0.339 e. The van der Waals surface area contributed by atoms with Gasteiger partial charge in [0.15, 0.2) is 0 Å². The molecule has 2 aromatic carbocycles. The topological polar surface area (TPSA) is 80.0 Å². The van der Waals surface area contributed by atoms with Crippen LogP contribution in [-0.4, -0.2) is 34.6 Å². The summed E-state index contributed by atoms with van der Waals surface area (Å²) in [4.78, 5) is 27.7. The zero-order chi connectivity index (χ0) is 25.3. The summed E-state index contributed by atoms with van der Waals surface area (Å²) < 4.78 is 11.6. The van der Waals surface area contributed by atoms with E-state index < -0.39 is 11.2 Å². The van der Waals surface area contributed by atoms with E-state index in [2.05, 4.69) is 13.0 Å². The second kappa shape index (κ2) is 10.1. The number of aryl methyl sites for hydroxylation is 2. The van der Waals surface area contributed by atoms with E-state index in [0.717, 1.165) is 42.2 Å². The molecule has 6 heteroatoms. The Kier molecular flexibility index (Phi) is 6.89. The number of rotatable bonds is 6. The molecular formula is C30H35NO5. The number of carbonyl (C=O) groups excluding carboxylic acids is 1. The maximum atomic E-state index is 13.0. The van der Waals surface area contributed by atoms with Gasteiger partial charge in [0.1, 0.15) is 17.9 Å². The third kappa shape index (κ3) is 4.92. The third-order valence-corrected chi connectivity index (χ3v) is 8.28. The van der Waals surface area contributed by atoms with Crippen LogP contribution < -0.4 is 10.4 Å². The Morgan fingerprint density at radius 1 is 1.17 bits per heavy atom. The predicted octanol–water partition coefficient (Wildman–Crippen LogP) is 5.08. The first kappa shape index (κ1) is 24.6. The van der Waals surface area contributed by atoms with E-state index in [1.54, 1.807) is 6.07 Å². The number of amides is 1. The van der Waals surface area contributed by atoms with Gasteiger partial charge >= 0.3 is 5.63 Å². The van der Waals surface area contributed by atoms with Gasteiger partial charge in [0.2, 0.25) is 5.91 Å². The molecule has 1 aliphatic carbocycles. The molecule has 1 N–H and O–H groups in total. The van der Waals surface area contributed by atoms with E-state index in [9.17, 15) is 14.7 Å². The predicted molar refractivity (Wildman–Crippen MR) is 139 cm³/mol. The molecule has 1 aliphatic heterocycles. The molecule has 0 spiro atoms. The van der Waals surface area contributed by atoms with Crippen molar-refractivity contribution in [1.29, 1.82) is 0 Å². The molecular weight excluding hydrogens is 454 g/mol. The lowest BCUT2D eigenvalue weighted by Crippen LogP contribution is -2.54. The third-order valence-electron chi connectivity index (χ3n) is 8.28. The molecule has 1 saturated carbocycles. The van der Waals surface area contributed by atoms with Gasteiger partial charge in [-0.1, -0.05) is 37.1 Å². The van der Waals surface area contributed by atoms with Crippen molar-refractivity contribution in [1.82, 2.24) is 4.90 Å². The van der Waals surface area contributed by atoms with Crippen molar-refractivity contribution in [3.8, 4) is 5.75 Å². The Balaban J connectivity index is 1.26. The zero-order valence-electron chi connectivity index (χ0n) is 21.2. The number of fused-ring (bicyclic) bond motifs is 2. The van der Waals surface area contributed by atoms with E-state index in [0.29, 0.717) is 49.4 Å². The van der Waals surface area contributed by atoms with Gasteiger partial charge in [0, 0.05) is 42.4 Å². The van der Waals surface area contributed by atoms with Gasteiger partial charge in [-0.3, -0.25) is 4.79 Å². The lowest BCUT2D eigenvalue weighted by molar-refractivity contribution is -0.143. The molecule has 36 heavy (non-hydrogen) atoms. The van der Waals surface area contributed by atoms with Crippen LogP contribution in [0, 0.1) is 19.8 Å². The highest BCUT2D eigenvalue weighted by Gasteiger charge is 2.43. The summed E-state index contributed by atoms with van der Waals surface area (Å²) in [5.41, 5.74) is 3.16. The summed E-state index contributed by atoms with van der Waals surface area (Å²) in [6.45, 7) is 5.61. The highest BCUT2D eigenvalue weighted by Crippen LogP contribution is 2.40. The fraction of sp³-hybridized carbons (Fsp3) is 0.467. The van der Waals surface area contributed by atoms with E-state index >= 15 is 0 Å². The van der Waals surface area contributed by atoms with Gasteiger partial charge < -0.3 is 19.2 Å². The molecule has 3 aromatic rings. The number of piperidine rings is 1. The average molecular weight is 490 g/mol. The Morgan fingerprint density at radius 2 is 2.00 bits per heavy atom. The van der Waals surface area contributed by atoms with E-state index in [-0.39, 0.29) is 18.2 Å². The second-order valence-corrected chi connectivity index (χ2v) is 10.5. The van der Waals surface area contributed by atoms with Crippen LogP contribution in [0.1, 0.15) is 60.8 Å². The number of hydrogen-bond acceptors (Lipinski definition) is 5. The molecule has 0 radical (unpaired) electrons. The Labute approximate surface area is 211 Å². The first-order valence-electron chi connectivity index (χ1n) is 13.1. The van der Waals surface area contributed by atoms with Crippen LogP contribution in [0.25, 0.3) is 11.0 Å². The quantitative estimate of drug-likeness (QED) is 0.489. The summed E-state index contributed by atoms with van der Waals surface area (Å²) >= 11 is 0. The van der Waals surface area contributed by atoms with Crippen LogP contribution in [0.3, 0.4) is 0 Å². The summed E-state index contributed by atoms with van der Waals surface area (Å²) in [6.07, 6.45) is 5.26. The lowest BCUT2D eigenvalue weighted by Gasteiger charge is -2.47. The van der Waals surface area contributed by atoms with Crippen molar-refractivity contribution in [2.45, 2.75) is 71.0 Å². The van der Waals surface area contributed by atoms with E-state index in [4.69, 9.17) is 9.15 Å². The van der Waals surface area contributed by atoms with Crippen molar-refractivity contribution in [3.63, 3.8) is 0 Å². The van der Waals surface area contributed by atoms with Crippen LogP contribution in [0.5, 0.6) is 5.75 Å². The standard InChI is InChI=1S/C30H35NO5/c1-20-7-3-4-8-22(20)19-35-24-10-11-25-21(2)26(29(33)36-27(25)17-24)12-13-28(32)31-16-15-30(34)14-6-5-9-23(30)18-31/h3-4,7-8,10-11,17,23,34H,5-6,9,12-16,18-19H2,1-2H3/t23-,30+/m1/s1. The highest BCUT2D eigenvalue weighted by molar-refractivity contribution is 5.83. The fourth-order valence-electron chi connectivity index (χ4n) is 5.87. The summed E-state index contributed by atoms with van der Waals surface area (Å²) in [5.74, 6) is 0.851. The largest absolute Gasteiger partial charge is 0.489 e. The van der Waals surface area contributed by atoms with E-state index in [1.807, 2.05) is 42.2 Å². The van der Waals surface area contributed by atoms with Gasteiger partial charge in [-0.05, 0) is 68.4 Å². The fourth-order valence-corrected chi connectivity index (χ4v) is 5.87. The minimum Gasteiger partial charge on any atom is -0.489 e. The second-order valence-electron chi connectivity index (χ2n) is 10.5. The lowest BCUT2D eigenvalue weighted by atomic mass is 9.71. The van der Waals surface area contributed by atoms with Crippen LogP contribution in [0.4, 0.5) is 0 Å². The van der Waals surface area contributed by atoms with Gasteiger partial charge in [0.05, 0.1) is 5.60 Å². The number of hydrogen-bond donors (Lipinski definition) is 1. The van der Waals surface area contributed by atoms with E-state index in [1.165, 1.54) is 5.56 Å². The molecule has 0 unspecified atom stereocenters. The Bertz CT molecular complexity index is 1330. The van der Waals surface area contributed by atoms with Crippen molar-refractivity contribution in [2.75, 3.05) is 13.1 Å². The summed E-state index contributed by atoms with van der Waals surface area (Å²) in [7, 11) is 0. The van der Waals surface area contributed by atoms with Crippen LogP contribution in [0.2, 0.25) is 0 Å². The van der Waals surface area contributed by atoms with Crippen LogP contribution in [0.15, 0.2) is 51.7 Å². The molecule has 2 aliphatic rings. The molecule has 1 aromatic heterocycles. The SMILES string of the molecule is Cc1ccccc1COc1ccc2c(C)c(CCC(=O)N3CC[C@@]4(O)CCCC[C@@H]4C3)c(=O)oc2c1. The van der Waals surface area contributed by atoms with Crippen LogP contribution in [-0.2, 0) is 17.8 Å². The molecule has 190 valence electrons. The van der Waals surface area contributed by atoms with Gasteiger partial charge in [-0.25, -0.2) is 4.79 Å². The number of benzene rings is 2. The maximum absolute atomic E-state index is 13.0. The molecule has 0 bridgehead atoms. The molecule has 2 fully saturated rings.